The summed E-state index contributed by atoms with van der Waals surface area (Å²) >= 11 is 1.73. The molecule has 0 unspecified atom stereocenters. The van der Waals surface area contributed by atoms with Gasteiger partial charge in [-0.25, -0.2) is 4.98 Å². The summed E-state index contributed by atoms with van der Waals surface area (Å²) in [4.78, 5) is 16.2. The number of pyridine rings is 1. The monoisotopic (exact) mass is 309 g/mol. The van der Waals surface area contributed by atoms with E-state index in [1.165, 1.54) is 0 Å². The number of nitrogens with zero attached hydrogens (tertiary/aromatic N) is 1. The van der Waals surface area contributed by atoms with Gasteiger partial charge in [-0.3, -0.25) is 4.79 Å². The zero-order valence-corrected chi connectivity index (χ0v) is 13.4. The lowest BCUT2D eigenvalue weighted by molar-refractivity contribution is -0.113. The second kappa shape index (κ2) is 8.24. The summed E-state index contributed by atoms with van der Waals surface area (Å²) in [5.74, 6) is 0.952. The molecule has 1 amide bonds. The van der Waals surface area contributed by atoms with Crippen LogP contribution in [-0.2, 0) is 4.79 Å². The smallest absolute Gasteiger partial charge is 0.238 e. The molecule has 21 heavy (non-hydrogen) atoms. The Bertz CT molecular complexity index is 462. The third-order valence-corrected chi connectivity index (χ3v) is 4.50. The number of nitrogens with one attached hydrogen (secondary N) is 2. The maximum Gasteiger partial charge on any atom is 0.238 e. The number of amides is 1. The molecule has 0 aromatic carbocycles. The van der Waals surface area contributed by atoms with E-state index in [0.29, 0.717) is 22.6 Å². The fourth-order valence-electron chi connectivity index (χ4n) is 2.15. The van der Waals surface area contributed by atoms with Crippen molar-refractivity contribution in [2.75, 3.05) is 24.2 Å². The molecule has 1 aliphatic heterocycles. The van der Waals surface area contributed by atoms with Gasteiger partial charge in [-0.1, -0.05) is 0 Å². The molecule has 1 fully saturated rings. The Balaban J connectivity index is 1.84. The zero-order chi connectivity index (χ0) is 15.1. The van der Waals surface area contributed by atoms with E-state index in [1.807, 2.05) is 19.9 Å². The molecule has 2 N–H and O–H groups in total. The Morgan fingerprint density at radius 2 is 2.29 bits per heavy atom. The van der Waals surface area contributed by atoms with Gasteiger partial charge in [0.1, 0.15) is 5.69 Å². The van der Waals surface area contributed by atoms with Crippen LogP contribution in [0, 0.1) is 0 Å². The van der Waals surface area contributed by atoms with Crippen molar-refractivity contribution in [3.05, 3.63) is 18.3 Å². The summed E-state index contributed by atoms with van der Waals surface area (Å²) in [6.07, 6.45) is 3.95. The van der Waals surface area contributed by atoms with Crippen molar-refractivity contribution in [2.24, 2.45) is 0 Å². The summed E-state index contributed by atoms with van der Waals surface area (Å²) in [7, 11) is 0. The Kier molecular flexibility index (Phi) is 6.32. The molecule has 0 radical (unpaired) electrons. The van der Waals surface area contributed by atoms with Gasteiger partial charge in [0.05, 0.1) is 11.9 Å². The van der Waals surface area contributed by atoms with Gasteiger partial charge >= 0.3 is 0 Å². The van der Waals surface area contributed by atoms with Crippen LogP contribution in [0.25, 0.3) is 0 Å². The minimum Gasteiger partial charge on any atom is -0.473 e. The lowest BCUT2D eigenvalue weighted by Gasteiger charge is -2.21. The highest BCUT2D eigenvalue weighted by Crippen LogP contribution is 2.23. The predicted molar refractivity (Wildman–Crippen MR) is 87.0 cm³/mol. The number of aromatic nitrogens is 1. The standard InChI is InChI=1S/C15H23N3O2S/c1-11(2)20-15-13(4-3-7-17-15)18-14(19)10-21-12-5-8-16-9-6-12/h3-4,7,11-12,16H,5-6,8-10H2,1-2H3,(H,18,19). The molecule has 1 aliphatic rings. The molecule has 1 saturated heterocycles. The second-order valence-electron chi connectivity index (χ2n) is 5.33. The highest BCUT2D eigenvalue weighted by molar-refractivity contribution is 8.00. The van der Waals surface area contributed by atoms with Gasteiger partial charge < -0.3 is 15.4 Å². The van der Waals surface area contributed by atoms with Gasteiger partial charge in [-0.15, -0.1) is 11.8 Å². The van der Waals surface area contributed by atoms with Gasteiger partial charge in [0.15, 0.2) is 0 Å². The number of carbonyl (C=O) groups is 1. The van der Waals surface area contributed by atoms with E-state index in [1.54, 1.807) is 24.0 Å². The highest BCUT2D eigenvalue weighted by atomic mass is 32.2. The first-order valence-corrected chi connectivity index (χ1v) is 8.44. The van der Waals surface area contributed by atoms with Crippen LogP contribution in [0.4, 0.5) is 5.69 Å². The van der Waals surface area contributed by atoms with Crippen LogP contribution in [-0.4, -0.2) is 41.1 Å². The van der Waals surface area contributed by atoms with Crippen molar-refractivity contribution in [2.45, 2.75) is 38.0 Å². The summed E-state index contributed by atoms with van der Waals surface area (Å²) in [6.45, 7) is 5.98. The molecule has 2 rings (SSSR count). The van der Waals surface area contributed by atoms with Crippen molar-refractivity contribution < 1.29 is 9.53 Å². The number of piperidine rings is 1. The van der Waals surface area contributed by atoms with Crippen molar-refractivity contribution >= 4 is 23.4 Å². The molecule has 1 aromatic heterocycles. The first-order valence-electron chi connectivity index (χ1n) is 7.39. The number of anilines is 1. The average Bonchev–Trinajstić information content (AvgIpc) is 2.48. The van der Waals surface area contributed by atoms with Crippen LogP contribution in [0.15, 0.2) is 18.3 Å². The number of carbonyl (C=O) groups excluding carboxylic acids is 1. The first kappa shape index (κ1) is 16.1. The molecule has 0 bridgehead atoms. The highest BCUT2D eigenvalue weighted by Gasteiger charge is 2.16. The molecular weight excluding hydrogens is 286 g/mol. The molecule has 116 valence electrons. The van der Waals surface area contributed by atoms with E-state index < -0.39 is 0 Å². The summed E-state index contributed by atoms with van der Waals surface area (Å²) in [5, 5.41) is 6.80. The van der Waals surface area contributed by atoms with Crippen LogP contribution in [0.3, 0.4) is 0 Å². The van der Waals surface area contributed by atoms with Crippen molar-refractivity contribution in [1.29, 1.82) is 0 Å². The fourth-order valence-corrected chi connectivity index (χ4v) is 3.17. The van der Waals surface area contributed by atoms with Gasteiger partial charge in [-0.05, 0) is 51.9 Å². The van der Waals surface area contributed by atoms with Gasteiger partial charge in [0.2, 0.25) is 11.8 Å². The third kappa shape index (κ3) is 5.55. The van der Waals surface area contributed by atoms with Crippen LogP contribution in [0.5, 0.6) is 5.88 Å². The Morgan fingerprint density at radius 3 is 3.00 bits per heavy atom. The molecule has 6 heteroatoms. The molecule has 0 atom stereocenters. The Labute approximate surface area is 130 Å². The number of hydrogen-bond donors (Lipinski definition) is 2. The summed E-state index contributed by atoms with van der Waals surface area (Å²) < 4.78 is 5.60. The maximum atomic E-state index is 12.1. The number of rotatable bonds is 6. The molecular formula is C15H23N3O2S. The van der Waals surface area contributed by atoms with E-state index in [9.17, 15) is 4.79 Å². The van der Waals surface area contributed by atoms with E-state index in [2.05, 4.69) is 15.6 Å². The zero-order valence-electron chi connectivity index (χ0n) is 12.6. The predicted octanol–water partition coefficient (Wildman–Crippen LogP) is 2.29. The van der Waals surface area contributed by atoms with E-state index in [-0.39, 0.29) is 12.0 Å². The van der Waals surface area contributed by atoms with Crippen LogP contribution in [0.2, 0.25) is 0 Å². The topological polar surface area (TPSA) is 63.2 Å². The molecule has 2 heterocycles. The second-order valence-corrected chi connectivity index (χ2v) is 6.62. The Hall–Kier alpha value is -1.27. The van der Waals surface area contributed by atoms with Crippen molar-refractivity contribution in [3.63, 3.8) is 0 Å². The molecule has 5 nitrogen and oxygen atoms in total. The molecule has 0 aliphatic carbocycles. The lowest BCUT2D eigenvalue weighted by Crippen LogP contribution is -2.30. The molecule has 1 aromatic rings. The largest absolute Gasteiger partial charge is 0.473 e. The van der Waals surface area contributed by atoms with Crippen LogP contribution in [0.1, 0.15) is 26.7 Å². The molecule has 0 spiro atoms. The molecule has 0 saturated carbocycles. The number of thioether (sulfide) groups is 1. The minimum atomic E-state index is 0.000128. The van der Waals surface area contributed by atoms with Crippen LogP contribution < -0.4 is 15.4 Å². The number of ether oxygens (including phenoxy) is 1. The summed E-state index contributed by atoms with van der Waals surface area (Å²) in [6, 6.07) is 3.61. The van der Waals surface area contributed by atoms with Crippen molar-refractivity contribution in [3.8, 4) is 5.88 Å². The third-order valence-electron chi connectivity index (χ3n) is 3.13. The Morgan fingerprint density at radius 1 is 1.52 bits per heavy atom. The quantitative estimate of drug-likeness (QED) is 0.844. The SMILES string of the molecule is CC(C)Oc1ncccc1NC(=O)CSC1CCNCC1. The van der Waals surface area contributed by atoms with Gasteiger partial charge in [0, 0.05) is 11.4 Å². The normalized spacial score (nSPS) is 16.0. The van der Waals surface area contributed by atoms with Crippen molar-refractivity contribution in [1.82, 2.24) is 10.3 Å². The maximum absolute atomic E-state index is 12.1. The average molecular weight is 309 g/mol. The summed E-state index contributed by atoms with van der Waals surface area (Å²) in [5.41, 5.74) is 0.641. The van der Waals surface area contributed by atoms with E-state index in [0.717, 1.165) is 25.9 Å². The van der Waals surface area contributed by atoms with Crippen LogP contribution >= 0.6 is 11.8 Å². The van der Waals surface area contributed by atoms with E-state index in [4.69, 9.17) is 4.74 Å². The van der Waals surface area contributed by atoms with E-state index >= 15 is 0 Å². The first-order chi connectivity index (χ1) is 10.1. The minimum absolute atomic E-state index is 0.000128. The van der Waals surface area contributed by atoms with Gasteiger partial charge in [-0.2, -0.15) is 0 Å². The fraction of sp³-hybridized carbons (Fsp3) is 0.600. The lowest BCUT2D eigenvalue weighted by atomic mass is 10.2. The van der Waals surface area contributed by atoms with Gasteiger partial charge in [0.25, 0.3) is 0 Å². The number of hydrogen-bond acceptors (Lipinski definition) is 5.